The maximum Gasteiger partial charge on any atom is 0.313 e. The van der Waals surface area contributed by atoms with Crippen LogP contribution < -0.4 is 4.90 Å². The molecule has 1 aliphatic heterocycles. The van der Waals surface area contributed by atoms with Crippen molar-refractivity contribution in [1.29, 1.82) is 0 Å². The fourth-order valence-corrected chi connectivity index (χ4v) is 3.99. The minimum atomic E-state index is -1.04. The molecular weight excluding hydrogens is 278 g/mol. The van der Waals surface area contributed by atoms with Gasteiger partial charge in [-0.1, -0.05) is 32.0 Å². The predicted octanol–water partition coefficient (Wildman–Crippen LogP) is 3.16. The molecular formula is C18H23NO3. The smallest absolute Gasteiger partial charge is 0.313 e. The number of nitrogens with zero attached hydrogens (tertiary/aromatic N) is 1. The average molecular weight is 301 g/mol. The first-order chi connectivity index (χ1) is 10.3. The van der Waals surface area contributed by atoms with Gasteiger partial charge in [-0.2, -0.15) is 0 Å². The number of rotatable bonds is 3. The first-order valence-corrected chi connectivity index (χ1v) is 7.90. The van der Waals surface area contributed by atoms with Crippen LogP contribution in [0, 0.1) is 10.8 Å². The standard InChI is InChI=1S/C18H23NO3/c1-5-19(13-9-7-6-8-10-13)14(20)18-12-11-17(4,15(21)22-18)16(18,2)3/h6-10H,5,11-12H2,1-4H3/t17-,18+/m0/s1. The lowest BCUT2D eigenvalue weighted by atomic mass is 9.66. The molecule has 4 nitrogen and oxygen atoms in total. The highest BCUT2D eigenvalue weighted by Crippen LogP contribution is 2.66. The van der Waals surface area contributed by atoms with Gasteiger partial charge in [-0.3, -0.25) is 9.59 Å². The zero-order valence-corrected chi connectivity index (χ0v) is 13.7. The molecule has 1 aromatic carbocycles. The first kappa shape index (κ1) is 15.1. The molecule has 22 heavy (non-hydrogen) atoms. The van der Waals surface area contributed by atoms with E-state index in [0.29, 0.717) is 19.4 Å². The van der Waals surface area contributed by atoms with E-state index in [9.17, 15) is 9.59 Å². The number of para-hydroxylation sites is 1. The van der Waals surface area contributed by atoms with Gasteiger partial charge in [0, 0.05) is 17.6 Å². The molecule has 4 heteroatoms. The lowest BCUT2D eigenvalue weighted by molar-refractivity contribution is -0.167. The van der Waals surface area contributed by atoms with Gasteiger partial charge in [0.1, 0.15) is 0 Å². The monoisotopic (exact) mass is 301 g/mol. The van der Waals surface area contributed by atoms with Crippen LogP contribution >= 0.6 is 0 Å². The minimum absolute atomic E-state index is 0.0965. The van der Waals surface area contributed by atoms with Gasteiger partial charge in [-0.15, -0.1) is 0 Å². The molecule has 1 aromatic rings. The predicted molar refractivity (Wildman–Crippen MR) is 84.4 cm³/mol. The lowest BCUT2D eigenvalue weighted by Crippen LogP contribution is -2.55. The maximum absolute atomic E-state index is 13.3. The molecule has 118 valence electrons. The summed E-state index contributed by atoms with van der Waals surface area (Å²) in [6.45, 7) is 8.40. The van der Waals surface area contributed by atoms with E-state index in [1.165, 1.54) is 0 Å². The third-order valence-electron chi connectivity index (χ3n) is 6.06. The Labute approximate surface area is 131 Å². The summed E-state index contributed by atoms with van der Waals surface area (Å²) in [4.78, 5) is 27.4. The third-order valence-corrected chi connectivity index (χ3v) is 6.06. The van der Waals surface area contributed by atoms with Crippen LogP contribution in [0.2, 0.25) is 0 Å². The minimum Gasteiger partial charge on any atom is -0.448 e. The molecule has 2 atom stereocenters. The van der Waals surface area contributed by atoms with E-state index >= 15 is 0 Å². The zero-order valence-electron chi connectivity index (χ0n) is 13.7. The Morgan fingerprint density at radius 3 is 2.27 bits per heavy atom. The van der Waals surface area contributed by atoms with E-state index in [4.69, 9.17) is 4.74 Å². The molecule has 0 unspecified atom stereocenters. The van der Waals surface area contributed by atoms with E-state index in [1.807, 2.05) is 58.0 Å². The molecule has 3 rings (SSSR count). The number of amides is 1. The number of carbonyl (C=O) groups is 2. The molecule has 2 aliphatic rings. The van der Waals surface area contributed by atoms with Crippen LogP contribution in [0.25, 0.3) is 0 Å². The Bertz CT molecular complexity index is 624. The van der Waals surface area contributed by atoms with Gasteiger partial charge in [0.25, 0.3) is 5.91 Å². The van der Waals surface area contributed by atoms with Crippen molar-refractivity contribution in [2.75, 3.05) is 11.4 Å². The molecule has 2 bridgehead atoms. The van der Waals surface area contributed by atoms with E-state index in [1.54, 1.807) is 4.90 Å². The second-order valence-corrected chi connectivity index (χ2v) is 7.06. The van der Waals surface area contributed by atoms with Gasteiger partial charge >= 0.3 is 5.97 Å². The van der Waals surface area contributed by atoms with Crippen LogP contribution in [0.1, 0.15) is 40.5 Å². The molecule has 1 aliphatic carbocycles. The highest BCUT2D eigenvalue weighted by molar-refractivity contribution is 6.04. The van der Waals surface area contributed by atoms with E-state index in [2.05, 4.69) is 0 Å². The Morgan fingerprint density at radius 2 is 1.82 bits per heavy atom. The van der Waals surface area contributed by atoms with Crippen molar-refractivity contribution >= 4 is 17.6 Å². The molecule has 1 saturated carbocycles. The van der Waals surface area contributed by atoms with Gasteiger partial charge in [0.05, 0.1) is 5.41 Å². The van der Waals surface area contributed by atoms with E-state index < -0.39 is 16.4 Å². The van der Waals surface area contributed by atoms with Crippen LogP contribution in [0.3, 0.4) is 0 Å². The number of esters is 1. The number of benzene rings is 1. The number of ether oxygens (including phenoxy) is 1. The second-order valence-electron chi connectivity index (χ2n) is 7.06. The van der Waals surface area contributed by atoms with Gasteiger partial charge in [0.2, 0.25) is 0 Å². The molecule has 0 spiro atoms. The summed E-state index contributed by atoms with van der Waals surface area (Å²) in [6, 6.07) is 9.57. The largest absolute Gasteiger partial charge is 0.448 e. The molecule has 1 saturated heterocycles. The van der Waals surface area contributed by atoms with Crippen molar-refractivity contribution in [3.63, 3.8) is 0 Å². The molecule has 0 aromatic heterocycles. The fraction of sp³-hybridized carbons (Fsp3) is 0.556. The summed E-state index contributed by atoms with van der Waals surface area (Å²) in [5.74, 6) is -0.331. The van der Waals surface area contributed by atoms with Gasteiger partial charge in [-0.25, -0.2) is 0 Å². The Hall–Kier alpha value is -1.84. The van der Waals surface area contributed by atoms with Gasteiger partial charge in [0.15, 0.2) is 5.60 Å². The summed E-state index contributed by atoms with van der Waals surface area (Å²) in [5.41, 5.74) is -1.27. The molecule has 0 N–H and O–H groups in total. The Kier molecular flexibility index (Phi) is 3.13. The highest BCUT2D eigenvalue weighted by atomic mass is 16.6. The first-order valence-electron chi connectivity index (χ1n) is 7.90. The molecule has 1 amide bonds. The van der Waals surface area contributed by atoms with E-state index in [-0.39, 0.29) is 11.9 Å². The van der Waals surface area contributed by atoms with Crippen LogP contribution in [0.5, 0.6) is 0 Å². The van der Waals surface area contributed by atoms with Crippen LogP contribution in [-0.4, -0.2) is 24.0 Å². The number of fused-ring (bicyclic) bond motifs is 2. The molecule has 2 fully saturated rings. The van der Waals surface area contributed by atoms with Crippen LogP contribution in [-0.2, 0) is 14.3 Å². The summed E-state index contributed by atoms with van der Waals surface area (Å²) >= 11 is 0. The van der Waals surface area contributed by atoms with Crippen molar-refractivity contribution in [2.45, 2.75) is 46.1 Å². The molecule has 1 heterocycles. The quantitative estimate of drug-likeness (QED) is 0.806. The second kappa shape index (κ2) is 4.58. The number of likely N-dealkylation sites (N-methyl/N-ethyl adjacent to an activating group) is 1. The van der Waals surface area contributed by atoms with Gasteiger partial charge in [-0.05, 0) is 38.8 Å². The van der Waals surface area contributed by atoms with Crippen molar-refractivity contribution in [1.82, 2.24) is 0 Å². The summed E-state index contributed by atoms with van der Waals surface area (Å²) in [5, 5.41) is 0. The molecule has 0 radical (unpaired) electrons. The third kappa shape index (κ3) is 1.58. The topological polar surface area (TPSA) is 46.6 Å². The van der Waals surface area contributed by atoms with Crippen LogP contribution in [0.15, 0.2) is 30.3 Å². The van der Waals surface area contributed by atoms with E-state index in [0.717, 1.165) is 5.69 Å². The lowest BCUT2D eigenvalue weighted by Gasteiger charge is -2.38. The van der Waals surface area contributed by atoms with Crippen molar-refractivity contribution < 1.29 is 14.3 Å². The van der Waals surface area contributed by atoms with Crippen molar-refractivity contribution in [2.24, 2.45) is 10.8 Å². The maximum atomic E-state index is 13.3. The van der Waals surface area contributed by atoms with Crippen molar-refractivity contribution in [3.8, 4) is 0 Å². The summed E-state index contributed by atoms with van der Waals surface area (Å²) < 4.78 is 5.70. The highest BCUT2D eigenvalue weighted by Gasteiger charge is 2.76. The number of anilines is 1. The number of hydrogen-bond donors (Lipinski definition) is 0. The zero-order chi connectivity index (χ0) is 16.2. The fourth-order valence-electron chi connectivity index (χ4n) is 3.99. The van der Waals surface area contributed by atoms with Crippen LogP contribution in [0.4, 0.5) is 5.69 Å². The van der Waals surface area contributed by atoms with Crippen molar-refractivity contribution in [3.05, 3.63) is 30.3 Å². The van der Waals surface area contributed by atoms with Gasteiger partial charge < -0.3 is 9.64 Å². The SMILES string of the molecule is CCN(C(=O)[C@@]12CC[C@@](C)(C(=O)O1)C2(C)C)c1ccccc1. The summed E-state index contributed by atoms with van der Waals surface area (Å²) in [7, 11) is 0. The Morgan fingerprint density at radius 1 is 1.18 bits per heavy atom. The number of carbonyl (C=O) groups excluding carboxylic acids is 2. The average Bonchev–Trinajstić information content (AvgIpc) is 2.79. The normalized spacial score (nSPS) is 31.9. The number of hydrogen-bond acceptors (Lipinski definition) is 3. The summed E-state index contributed by atoms with van der Waals surface area (Å²) in [6.07, 6.45) is 1.31. The Balaban J connectivity index is 2.03.